The second kappa shape index (κ2) is 9.39. The van der Waals surface area contributed by atoms with Crippen LogP contribution < -0.4 is 4.90 Å². The van der Waals surface area contributed by atoms with E-state index >= 15 is 0 Å². The van der Waals surface area contributed by atoms with Gasteiger partial charge in [-0.15, -0.1) is 0 Å². The molecule has 2 unspecified atom stereocenters. The van der Waals surface area contributed by atoms with Crippen molar-refractivity contribution in [3.05, 3.63) is 59.1 Å². The molecule has 2 atom stereocenters. The van der Waals surface area contributed by atoms with Gasteiger partial charge < -0.3 is 14.5 Å². The van der Waals surface area contributed by atoms with Crippen molar-refractivity contribution in [1.82, 2.24) is 9.21 Å². The second-order valence-corrected chi connectivity index (χ2v) is 10.7. The standard InChI is InChI=1S/C23H28ClN3O4S/c1-17-15-27(16-18(2)31-17)32(29,30)22-5-3-4-19(14-22)23(28)26-12-10-25(11-13-26)21-8-6-20(24)7-9-21/h3-9,14,17-18H,10-13,15-16H2,1-2H3. The second-order valence-electron chi connectivity index (χ2n) is 8.36. The van der Waals surface area contributed by atoms with Crippen molar-refractivity contribution in [2.75, 3.05) is 44.2 Å². The molecule has 2 aromatic carbocycles. The minimum Gasteiger partial charge on any atom is -0.373 e. The number of benzene rings is 2. The zero-order chi connectivity index (χ0) is 22.9. The molecule has 2 aliphatic rings. The first kappa shape index (κ1) is 23.0. The predicted octanol–water partition coefficient (Wildman–Crippen LogP) is 3.10. The molecule has 0 spiro atoms. The zero-order valence-corrected chi connectivity index (χ0v) is 19.8. The SMILES string of the molecule is CC1CN(S(=O)(=O)c2cccc(C(=O)N3CCN(c4ccc(Cl)cc4)CC3)c2)CC(C)O1. The summed E-state index contributed by atoms with van der Waals surface area (Å²) in [5.41, 5.74) is 1.46. The molecule has 0 aromatic heterocycles. The first-order chi connectivity index (χ1) is 15.2. The average molecular weight is 478 g/mol. The molecule has 2 saturated heterocycles. The van der Waals surface area contributed by atoms with Crippen LogP contribution in [0.25, 0.3) is 0 Å². The molecule has 172 valence electrons. The monoisotopic (exact) mass is 477 g/mol. The maximum atomic E-state index is 13.2. The highest BCUT2D eigenvalue weighted by molar-refractivity contribution is 7.89. The van der Waals surface area contributed by atoms with Crippen LogP contribution in [0.4, 0.5) is 5.69 Å². The third-order valence-electron chi connectivity index (χ3n) is 5.86. The van der Waals surface area contributed by atoms with Gasteiger partial charge >= 0.3 is 0 Å². The highest BCUT2D eigenvalue weighted by atomic mass is 35.5. The van der Waals surface area contributed by atoms with Crippen LogP contribution in [0.1, 0.15) is 24.2 Å². The summed E-state index contributed by atoms with van der Waals surface area (Å²) in [5, 5.41) is 0.693. The summed E-state index contributed by atoms with van der Waals surface area (Å²) >= 11 is 5.97. The molecule has 2 fully saturated rings. The van der Waals surface area contributed by atoms with Crippen LogP contribution in [0.3, 0.4) is 0 Å². The van der Waals surface area contributed by atoms with Gasteiger partial charge in [-0.3, -0.25) is 4.79 Å². The molecule has 0 N–H and O–H groups in total. The lowest BCUT2D eigenvalue weighted by Crippen LogP contribution is -2.49. The van der Waals surface area contributed by atoms with Gasteiger partial charge in [0.1, 0.15) is 0 Å². The number of sulfonamides is 1. The van der Waals surface area contributed by atoms with Gasteiger partial charge in [0, 0.05) is 55.5 Å². The number of morpholine rings is 1. The summed E-state index contributed by atoms with van der Waals surface area (Å²) in [6.07, 6.45) is -0.342. The van der Waals surface area contributed by atoms with Crippen LogP contribution in [-0.2, 0) is 14.8 Å². The number of piperazine rings is 1. The van der Waals surface area contributed by atoms with E-state index in [4.69, 9.17) is 16.3 Å². The summed E-state index contributed by atoms with van der Waals surface area (Å²) < 4.78 is 33.5. The molecule has 32 heavy (non-hydrogen) atoms. The average Bonchev–Trinajstić information content (AvgIpc) is 2.79. The number of carbonyl (C=O) groups is 1. The summed E-state index contributed by atoms with van der Waals surface area (Å²) in [6, 6.07) is 14.0. The minimum atomic E-state index is -3.70. The maximum Gasteiger partial charge on any atom is 0.254 e. The Morgan fingerprint density at radius 2 is 1.59 bits per heavy atom. The van der Waals surface area contributed by atoms with Crippen molar-refractivity contribution in [2.45, 2.75) is 31.0 Å². The largest absolute Gasteiger partial charge is 0.373 e. The number of nitrogens with zero attached hydrogens (tertiary/aromatic N) is 3. The Morgan fingerprint density at radius 1 is 0.969 bits per heavy atom. The van der Waals surface area contributed by atoms with Crippen LogP contribution >= 0.6 is 11.6 Å². The van der Waals surface area contributed by atoms with Gasteiger partial charge in [-0.1, -0.05) is 17.7 Å². The third-order valence-corrected chi connectivity index (χ3v) is 7.94. The molecule has 4 rings (SSSR count). The molecular formula is C23H28ClN3O4S. The van der Waals surface area contributed by atoms with Gasteiger partial charge in [0.15, 0.2) is 0 Å². The van der Waals surface area contributed by atoms with E-state index in [-0.39, 0.29) is 23.0 Å². The van der Waals surface area contributed by atoms with Gasteiger partial charge in [-0.05, 0) is 56.3 Å². The Labute approximate surface area is 194 Å². The highest BCUT2D eigenvalue weighted by Crippen LogP contribution is 2.24. The fourth-order valence-corrected chi connectivity index (χ4v) is 6.03. The fourth-order valence-electron chi connectivity index (χ4n) is 4.27. The van der Waals surface area contributed by atoms with E-state index < -0.39 is 10.0 Å². The van der Waals surface area contributed by atoms with Crippen LogP contribution in [0.2, 0.25) is 5.02 Å². The topological polar surface area (TPSA) is 70.2 Å². The van der Waals surface area contributed by atoms with Gasteiger partial charge in [0.2, 0.25) is 10.0 Å². The molecule has 2 aliphatic heterocycles. The minimum absolute atomic E-state index is 0.143. The van der Waals surface area contributed by atoms with Crippen molar-refractivity contribution in [3.63, 3.8) is 0 Å². The number of amides is 1. The zero-order valence-electron chi connectivity index (χ0n) is 18.3. The Morgan fingerprint density at radius 3 is 2.22 bits per heavy atom. The molecule has 0 radical (unpaired) electrons. The van der Waals surface area contributed by atoms with E-state index in [0.29, 0.717) is 49.9 Å². The lowest BCUT2D eigenvalue weighted by molar-refractivity contribution is -0.0440. The quantitative estimate of drug-likeness (QED) is 0.676. The lowest BCUT2D eigenvalue weighted by atomic mass is 10.1. The van der Waals surface area contributed by atoms with Gasteiger partial charge in [-0.2, -0.15) is 4.31 Å². The number of hydrogen-bond acceptors (Lipinski definition) is 5. The Bertz CT molecular complexity index is 1060. The van der Waals surface area contributed by atoms with Crippen molar-refractivity contribution in [1.29, 1.82) is 0 Å². The van der Waals surface area contributed by atoms with E-state index in [9.17, 15) is 13.2 Å². The van der Waals surface area contributed by atoms with Crippen LogP contribution in [-0.4, -0.2) is 75.0 Å². The van der Waals surface area contributed by atoms with E-state index in [1.54, 1.807) is 23.1 Å². The molecular weight excluding hydrogens is 450 g/mol. The number of halogens is 1. The van der Waals surface area contributed by atoms with E-state index in [0.717, 1.165) is 5.69 Å². The normalized spacial score (nSPS) is 22.7. The van der Waals surface area contributed by atoms with Crippen LogP contribution in [0.15, 0.2) is 53.4 Å². The molecule has 1 amide bonds. The summed E-state index contributed by atoms with van der Waals surface area (Å²) in [7, 11) is -3.70. The summed E-state index contributed by atoms with van der Waals surface area (Å²) in [5.74, 6) is -0.151. The predicted molar refractivity (Wildman–Crippen MR) is 125 cm³/mol. The molecule has 0 bridgehead atoms. The molecule has 2 heterocycles. The number of rotatable bonds is 4. The maximum absolute atomic E-state index is 13.2. The van der Waals surface area contributed by atoms with Crippen molar-refractivity contribution >= 4 is 33.2 Å². The van der Waals surface area contributed by atoms with Crippen LogP contribution in [0, 0.1) is 0 Å². The summed E-state index contributed by atoms with van der Waals surface area (Å²) in [4.78, 5) is 17.2. The number of hydrogen-bond donors (Lipinski definition) is 0. The summed E-state index contributed by atoms with van der Waals surface area (Å²) in [6.45, 7) is 6.87. The molecule has 7 nitrogen and oxygen atoms in total. The Kier molecular flexibility index (Phi) is 6.76. The van der Waals surface area contributed by atoms with Gasteiger partial charge in [0.05, 0.1) is 17.1 Å². The smallest absolute Gasteiger partial charge is 0.254 e. The first-order valence-electron chi connectivity index (χ1n) is 10.8. The molecule has 2 aromatic rings. The molecule has 0 saturated carbocycles. The van der Waals surface area contributed by atoms with E-state index in [2.05, 4.69) is 4.90 Å². The molecule has 0 aliphatic carbocycles. The Hall–Kier alpha value is -2.13. The number of ether oxygens (including phenoxy) is 1. The third kappa shape index (κ3) is 4.93. The van der Waals surface area contributed by atoms with Gasteiger partial charge in [0.25, 0.3) is 5.91 Å². The van der Waals surface area contributed by atoms with Crippen molar-refractivity contribution in [3.8, 4) is 0 Å². The van der Waals surface area contributed by atoms with Crippen molar-refractivity contribution < 1.29 is 17.9 Å². The fraction of sp³-hybridized carbons (Fsp3) is 0.435. The van der Waals surface area contributed by atoms with Gasteiger partial charge in [-0.25, -0.2) is 8.42 Å². The number of carbonyl (C=O) groups excluding carboxylic acids is 1. The highest BCUT2D eigenvalue weighted by Gasteiger charge is 2.33. The van der Waals surface area contributed by atoms with E-state index in [1.807, 2.05) is 38.1 Å². The number of anilines is 1. The van der Waals surface area contributed by atoms with Crippen molar-refractivity contribution in [2.24, 2.45) is 0 Å². The molecule has 9 heteroatoms. The first-order valence-corrected chi connectivity index (χ1v) is 12.6. The Balaban J connectivity index is 1.45. The lowest BCUT2D eigenvalue weighted by Gasteiger charge is -2.36. The van der Waals surface area contributed by atoms with Crippen LogP contribution in [0.5, 0.6) is 0 Å². The van der Waals surface area contributed by atoms with E-state index in [1.165, 1.54) is 10.4 Å².